The first kappa shape index (κ1) is 28.2. The lowest BCUT2D eigenvalue weighted by Crippen LogP contribution is -2.29. The molecule has 13 heteroatoms. The number of benzene rings is 2. The van der Waals surface area contributed by atoms with Crippen LogP contribution in [0.3, 0.4) is 0 Å². The van der Waals surface area contributed by atoms with Crippen LogP contribution in [0.2, 0.25) is 10.0 Å². The van der Waals surface area contributed by atoms with Crippen LogP contribution in [0.25, 0.3) is 11.4 Å². The van der Waals surface area contributed by atoms with E-state index in [9.17, 15) is 19.8 Å². The van der Waals surface area contributed by atoms with Crippen LogP contribution in [-0.2, 0) is 15.3 Å². The van der Waals surface area contributed by atoms with E-state index < -0.39 is 23.5 Å². The van der Waals surface area contributed by atoms with Crippen LogP contribution in [-0.4, -0.2) is 41.5 Å². The summed E-state index contributed by atoms with van der Waals surface area (Å²) in [6.07, 6.45) is 1.81. The summed E-state index contributed by atoms with van der Waals surface area (Å²) in [7, 11) is 0. The minimum Gasteiger partial charge on any atom is -0.508 e. The van der Waals surface area contributed by atoms with Crippen molar-refractivity contribution in [1.29, 1.82) is 0 Å². The standard InChI is InChI=1S/C29H21Cl2N5O4S2/c1-14-4-3-11-35-15(2)22(32-26(14)35)24(38)21-23(16-6-9-19(37)10-7-16)36(27(40)25(21)39)28-33-34-29(42-28)41-13-17-5-8-18(30)12-20(17)31/h3-12,23,37-38H,13H2,1-2H3. The van der Waals surface area contributed by atoms with Gasteiger partial charge in [-0.25, -0.2) is 4.98 Å². The summed E-state index contributed by atoms with van der Waals surface area (Å²) < 4.78 is 2.37. The number of halogens is 2. The number of ketones is 1. The number of aryl methyl sites for hydroxylation is 2. The number of carbonyl (C=O) groups is 2. The highest BCUT2D eigenvalue weighted by molar-refractivity contribution is 8.00. The van der Waals surface area contributed by atoms with Crippen molar-refractivity contribution < 1.29 is 19.8 Å². The van der Waals surface area contributed by atoms with Crippen molar-refractivity contribution in [3.05, 3.63) is 104 Å². The number of thioether (sulfide) groups is 1. The Labute approximate surface area is 258 Å². The van der Waals surface area contributed by atoms with Crippen molar-refractivity contribution in [2.45, 2.75) is 30.0 Å². The minimum atomic E-state index is -1.03. The summed E-state index contributed by atoms with van der Waals surface area (Å²) in [5.41, 5.74) is 3.52. The second-order valence-corrected chi connectivity index (χ2v) is 12.6. The van der Waals surface area contributed by atoms with Gasteiger partial charge in [0.05, 0.1) is 17.3 Å². The Morgan fingerprint density at radius 3 is 2.55 bits per heavy atom. The monoisotopic (exact) mass is 637 g/mol. The van der Waals surface area contributed by atoms with Crippen LogP contribution in [0, 0.1) is 13.8 Å². The smallest absolute Gasteiger partial charge is 0.301 e. The third-order valence-electron chi connectivity index (χ3n) is 6.93. The molecule has 212 valence electrons. The summed E-state index contributed by atoms with van der Waals surface area (Å²) in [6, 6.07) is 14.0. The molecule has 4 heterocycles. The Bertz CT molecular complexity index is 1920. The molecule has 2 aromatic carbocycles. The lowest BCUT2D eigenvalue weighted by molar-refractivity contribution is -0.132. The van der Waals surface area contributed by atoms with E-state index in [-0.39, 0.29) is 22.1 Å². The number of phenolic OH excluding ortho intramolecular Hbond substituents is 1. The van der Waals surface area contributed by atoms with Gasteiger partial charge in [-0.1, -0.05) is 70.6 Å². The van der Waals surface area contributed by atoms with Gasteiger partial charge < -0.3 is 14.6 Å². The highest BCUT2D eigenvalue weighted by Crippen LogP contribution is 2.44. The number of hydrogen-bond donors (Lipinski definition) is 2. The molecule has 1 saturated heterocycles. The molecule has 1 amide bonds. The van der Waals surface area contributed by atoms with Crippen molar-refractivity contribution in [3.63, 3.8) is 0 Å². The second-order valence-electron chi connectivity index (χ2n) is 9.57. The first-order valence-electron chi connectivity index (χ1n) is 12.6. The van der Waals surface area contributed by atoms with E-state index >= 15 is 0 Å². The van der Waals surface area contributed by atoms with Crippen LogP contribution in [0.4, 0.5) is 5.13 Å². The van der Waals surface area contributed by atoms with Crippen molar-refractivity contribution in [2.75, 3.05) is 4.90 Å². The highest BCUT2D eigenvalue weighted by Gasteiger charge is 2.48. The first-order valence-corrected chi connectivity index (χ1v) is 15.1. The number of carbonyl (C=O) groups excluding carboxylic acids is 2. The Balaban J connectivity index is 1.42. The lowest BCUT2D eigenvalue weighted by Gasteiger charge is -2.22. The molecule has 3 aromatic heterocycles. The summed E-state index contributed by atoms with van der Waals surface area (Å²) in [5.74, 6) is -1.64. The number of hydrogen-bond acceptors (Lipinski definition) is 9. The molecule has 0 radical (unpaired) electrons. The van der Waals surface area contributed by atoms with Crippen molar-refractivity contribution >= 4 is 74.5 Å². The van der Waals surface area contributed by atoms with Gasteiger partial charge in [0.2, 0.25) is 5.13 Å². The normalized spacial score (nSPS) is 16.6. The Hall–Kier alpha value is -3.90. The van der Waals surface area contributed by atoms with Gasteiger partial charge in [0.15, 0.2) is 10.1 Å². The molecule has 1 atom stereocenters. The molecule has 6 rings (SSSR count). The Kier molecular flexibility index (Phi) is 7.44. The number of aliphatic hydroxyl groups excluding tert-OH is 1. The molecule has 42 heavy (non-hydrogen) atoms. The van der Waals surface area contributed by atoms with Gasteiger partial charge >= 0.3 is 5.91 Å². The molecule has 1 unspecified atom stereocenters. The van der Waals surface area contributed by atoms with E-state index in [1.165, 1.54) is 28.8 Å². The van der Waals surface area contributed by atoms with Crippen LogP contribution in [0.1, 0.15) is 34.1 Å². The third-order valence-corrected chi connectivity index (χ3v) is 9.62. The van der Waals surface area contributed by atoms with E-state index in [1.807, 2.05) is 35.7 Å². The predicted molar refractivity (Wildman–Crippen MR) is 163 cm³/mol. The van der Waals surface area contributed by atoms with Gasteiger partial charge in [0.25, 0.3) is 5.78 Å². The zero-order valence-corrected chi connectivity index (χ0v) is 25.2. The first-order chi connectivity index (χ1) is 20.1. The highest BCUT2D eigenvalue weighted by atomic mass is 35.5. The molecule has 9 nitrogen and oxygen atoms in total. The van der Waals surface area contributed by atoms with E-state index in [0.29, 0.717) is 37.0 Å². The van der Waals surface area contributed by atoms with Gasteiger partial charge in [-0.2, -0.15) is 0 Å². The molecule has 1 fully saturated rings. The fourth-order valence-electron chi connectivity index (χ4n) is 4.81. The molecule has 1 aliphatic heterocycles. The Morgan fingerprint density at radius 2 is 1.83 bits per heavy atom. The molecular formula is C29H21Cl2N5O4S2. The molecule has 0 saturated carbocycles. The molecule has 1 aliphatic rings. The molecule has 2 N–H and O–H groups in total. The number of fused-ring (bicyclic) bond motifs is 1. The fraction of sp³-hybridized carbons (Fsp3) is 0.138. The molecule has 0 aliphatic carbocycles. The number of imidazole rings is 1. The number of amides is 1. The van der Waals surface area contributed by atoms with E-state index in [1.54, 1.807) is 31.2 Å². The number of rotatable bonds is 6. The number of Topliss-reactive ketones (excluding diaryl/α,β-unsaturated/α-hetero) is 1. The minimum absolute atomic E-state index is 0.0119. The topological polar surface area (TPSA) is 121 Å². The SMILES string of the molecule is Cc1cccn2c(C)c(C(O)=C3C(=O)C(=O)N(c4nnc(SCc5ccc(Cl)cc5Cl)s4)C3c3ccc(O)cc3)nc12. The van der Waals surface area contributed by atoms with Gasteiger partial charge in [-0.3, -0.25) is 14.5 Å². The zero-order valence-electron chi connectivity index (χ0n) is 22.1. The lowest BCUT2D eigenvalue weighted by atomic mass is 9.96. The van der Waals surface area contributed by atoms with Crippen molar-refractivity contribution in [3.8, 4) is 5.75 Å². The average molecular weight is 639 g/mol. The maximum absolute atomic E-state index is 13.6. The zero-order chi connectivity index (χ0) is 29.7. The van der Waals surface area contributed by atoms with Gasteiger partial charge in [0.1, 0.15) is 17.1 Å². The second kappa shape index (κ2) is 11.1. The Morgan fingerprint density at radius 1 is 1.07 bits per heavy atom. The summed E-state index contributed by atoms with van der Waals surface area (Å²) in [4.78, 5) is 32.9. The van der Waals surface area contributed by atoms with Crippen LogP contribution in [0.15, 0.2) is 70.7 Å². The largest absolute Gasteiger partial charge is 0.508 e. The summed E-state index contributed by atoms with van der Waals surface area (Å²) in [6.45, 7) is 3.67. The van der Waals surface area contributed by atoms with E-state index in [0.717, 1.165) is 22.5 Å². The number of nitrogens with zero attached hydrogens (tertiary/aromatic N) is 5. The maximum atomic E-state index is 13.6. The number of aliphatic hydroxyl groups is 1. The maximum Gasteiger partial charge on any atom is 0.301 e. The molecule has 0 spiro atoms. The van der Waals surface area contributed by atoms with Gasteiger partial charge in [0, 0.05) is 22.0 Å². The van der Waals surface area contributed by atoms with Crippen molar-refractivity contribution in [1.82, 2.24) is 19.6 Å². The quantitative estimate of drug-likeness (QED) is 0.0691. The number of aromatic hydroxyl groups is 1. The number of phenols is 1. The fourth-order valence-corrected chi connectivity index (χ4v) is 7.24. The van der Waals surface area contributed by atoms with Crippen LogP contribution < -0.4 is 4.90 Å². The predicted octanol–water partition coefficient (Wildman–Crippen LogP) is 6.73. The van der Waals surface area contributed by atoms with Gasteiger partial charge in [-0.15, -0.1) is 10.2 Å². The number of pyridine rings is 1. The van der Waals surface area contributed by atoms with Gasteiger partial charge in [-0.05, 0) is 60.9 Å². The molecular weight excluding hydrogens is 617 g/mol. The van der Waals surface area contributed by atoms with E-state index in [4.69, 9.17) is 23.2 Å². The number of anilines is 1. The molecule has 0 bridgehead atoms. The third kappa shape index (κ3) is 4.92. The summed E-state index contributed by atoms with van der Waals surface area (Å²) >= 11 is 14.8. The van der Waals surface area contributed by atoms with E-state index in [2.05, 4.69) is 15.2 Å². The molecule has 5 aromatic rings. The summed E-state index contributed by atoms with van der Waals surface area (Å²) in [5, 5.41) is 31.2. The average Bonchev–Trinajstić information content (AvgIpc) is 3.64. The number of aromatic nitrogens is 4. The van der Waals surface area contributed by atoms with Crippen LogP contribution in [0.5, 0.6) is 5.75 Å². The van der Waals surface area contributed by atoms with Crippen molar-refractivity contribution in [2.24, 2.45) is 0 Å². The van der Waals surface area contributed by atoms with Crippen LogP contribution >= 0.6 is 46.3 Å².